The average Bonchev–Trinajstić information content (AvgIpc) is 2.75. The van der Waals surface area contributed by atoms with Gasteiger partial charge in [0.25, 0.3) is 0 Å². The molecule has 1 saturated carbocycles. The third-order valence-corrected chi connectivity index (χ3v) is 5.81. The van der Waals surface area contributed by atoms with Crippen molar-refractivity contribution in [2.75, 3.05) is 33.2 Å². The molecule has 1 saturated heterocycles. The molecule has 0 aromatic rings. The van der Waals surface area contributed by atoms with E-state index in [1.807, 2.05) is 0 Å². The molecule has 2 N–H and O–H groups in total. The Kier molecular flexibility index (Phi) is 4.91. The highest BCUT2D eigenvalue weighted by Gasteiger charge is 2.47. The summed E-state index contributed by atoms with van der Waals surface area (Å²) in [4.78, 5) is 5.23. The first-order valence-corrected chi connectivity index (χ1v) is 8.17. The summed E-state index contributed by atoms with van der Waals surface area (Å²) in [7, 11) is 2.30. The lowest BCUT2D eigenvalue weighted by molar-refractivity contribution is -0.0293. The summed E-state index contributed by atoms with van der Waals surface area (Å²) in [6, 6.07) is 0.761. The van der Waals surface area contributed by atoms with E-state index in [9.17, 15) is 0 Å². The van der Waals surface area contributed by atoms with Crippen molar-refractivity contribution in [1.29, 1.82) is 0 Å². The molecule has 1 unspecified atom stereocenters. The van der Waals surface area contributed by atoms with Gasteiger partial charge in [0.2, 0.25) is 0 Å². The van der Waals surface area contributed by atoms with Crippen LogP contribution in [0.2, 0.25) is 0 Å². The van der Waals surface area contributed by atoms with Gasteiger partial charge in [0, 0.05) is 24.7 Å². The number of hydrogen-bond donors (Lipinski definition) is 1. The minimum Gasteiger partial charge on any atom is -0.329 e. The van der Waals surface area contributed by atoms with Crippen molar-refractivity contribution in [2.45, 2.75) is 58.0 Å². The molecule has 1 heterocycles. The molecule has 2 fully saturated rings. The topological polar surface area (TPSA) is 32.5 Å². The van der Waals surface area contributed by atoms with Crippen molar-refractivity contribution in [3.05, 3.63) is 0 Å². The largest absolute Gasteiger partial charge is 0.329 e. The van der Waals surface area contributed by atoms with E-state index in [0.717, 1.165) is 24.4 Å². The molecule has 0 aromatic heterocycles. The third-order valence-electron chi connectivity index (χ3n) is 5.81. The maximum absolute atomic E-state index is 6.12. The van der Waals surface area contributed by atoms with Crippen LogP contribution in [-0.2, 0) is 0 Å². The molecule has 3 heteroatoms. The Bertz CT molecular complexity index is 284. The fraction of sp³-hybridized carbons (Fsp3) is 1.00. The molecule has 2 rings (SSSR count). The molecule has 112 valence electrons. The van der Waals surface area contributed by atoms with Crippen molar-refractivity contribution >= 4 is 0 Å². The van der Waals surface area contributed by atoms with Crippen molar-refractivity contribution in [3.8, 4) is 0 Å². The molecular formula is C16H33N3. The van der Waals surface area contributed by atoms with Gasteiger partial charge in [0.05, 0.1) is 0 Å². The molecule has 3 nitrogen and oxygen atoms in total. The second kappa shape index (κ2) is 6.11. The average molecular weight is 267 g/mol. The van der Waals surface area contributed by atoms with Crippen LogP contribution in [0.5, 0.6) is 0 Å². The zero-order valence-corrected chi connectivity index (χ0v) is 13.4. The Labute approximate surface area is 119 Å². The van der Waals surface area contributed by atoms with Crippen LogP contribution in [-0.4, -0.2) is 54.6 Å². The van der Waals surface area contributed by atoms with Gasteiger partial charge in [0.15, 0.2) is 0 Å². The summed E-state index contributed by atoms with van der Waals surface area (Å²) < 4.78 is 0. The number of nitrogens with zero attached hydrogens (tertiary/aromatic N) is 2. The summed E-state index contributed by atoms with van der Waals surface area (Å²) in [6.07, 6.45) is 5.34. The molecule has 1 atom stereocenters. The van der Waals surface area contributed by atoms with Crippen molar-refractivity contribution < 1.29 is 0 Å². The quantitative estimate of drug-likeness (QED) is 0.800. The molecule has 19 heavy (non-hydrogen) atoms. The Morgan fingerprint density at radius 2 is 2.05 bits per heavy atom. The normalized spacial score (nSPS) is 36.2. The predicted molar refractivity (Wildman–Crippen MR) is 82.2 cm³/mol. The molecular weight excluding hydrogens is 234 g/mol. The standard InChI is InChI=1S/C16H33N3/c1-5-19-8-6-7-15(19)11-18(4)16(12-17)9-14(10-16)13(2)3/h13-15H,5-12,17H2,1-4H3. The maximum atomic E-state index is 6.12. The molecule has 0 radical (unpaired) electrons. The van der Waals surface area contributed by atoms with Gasteiger partial charge >= 0.3 is 0 Å². The van der Waals surface area contributed by atoms with Crippen LogP contribution in [0, 0.1) is 11.8 Å². The predicted octanol–water partition coefficient (Wildman–Crippen LogP) is 2.17. The third kappa shape index (κ3) is 2.98. The smallest absolute Gasteiger partial charge is 0.0334 e. The van der Waals surface area contributed by atoms with Gasteiger partial charge in [-0.15, -0.1) is 0 Å². The second-order valence-corrected chi connectivity index (χ2v) is 7.15. The van der Waals surface area contributed by atoms with Crippen LogP contribution in [0.3, 0.4) is 0 Å². The van der Waals surface area contributed by atoms with Gasteiger partial charge in [-0.2, -0.15) is 0 Å². The first-order valence-electron chi connectivity index (χ1n) is 8.17. The maximum Gasteiger partial charge on any atom is 0.0334 e. The lowest BCUT2D eigenvalue weighted by Crippen LogP contribution is -2.63. The molecule has 2 aliphatic rings. The molecule has 0 spiro atoms. The van der Waals surface area contributed by atoms with Gasteiger partial charge in [-0.1, -0.05) is 20.8 Å². The first kappa shape index (κ1) is 15.3. The van der Waals surface area contributed by atoms with Crippen LogP contribution < -0.4 is 5.73 Å². The fourth-order valence-corrected chi connectivity index (χ4v) is 4.05. The SMILES string of the molecule is CCN1CCCC1CN(C)C1(CN)CC(C(C)C)C1. The molecule has 0 amide bonds. The molecule has 0 bridgehead atoms. The van der Waals surface area contributed by atoms with E-state index in [2.05, 4.69) is 37.6 Å². The second-order valence-electron chi connectivity index (χ2n) is 7.15. The monoisotopic (exact) mass is 267 g/mol. The Morgan fingerprint density at radius 3 is 2.58 bits per heavy atom. The van der Waals surface area contributed by atoms with Gasteiger partial charge in [-0.25, -0.2) is 0 Å². The highest BCUT2D eigenvalue weighted by atomic mass is 15.3. The van der Waals surface area contributed by atoms with Crippen molar-refractivity contribution in [2.24, 2.45) is 17.6 Å². The first-order chi connectivity index (χ1) is 9.02. The van der Waals surface area contributed by atoms with E-state index >= 15 is 0 Å². The van der Waals surface area contributed by atoms with Crippen molar-refractivity contribution in [1.82, 2.24) is 9.80 Å². The van der Waals surface area contributed by atoms with Gasteiger partial charge in [0.1, 0.15) is 0 Å². The van der Waals surface area contributed by atoms with Gasteiger partial charge in [-0.3, -0.25) is 9.80 Å². The summed E-state index contributed by atoms with van der Waals surface area (Å²) in [5.74, 6) is 1.70. The van der Waals surface area contributed by atoms with E-state index in [1.54, 1.807) is 0 Å². The Hall–Kier alpha value is -0.120. The Balaban J connectivity index is 1.89. The van der Waals surface area contributed by atoms with Crippen LogP contribution in [0.25, 0.3) is 0 Å². The van der Waals surface area contributed by atoms with Gasteiger partial charge < -0.3 is 5.73 Å². The Morgan fingerprint density at radius 1 is 1.37 bits per heavy atom. The number of likely N-dealkylation sites (tertiary alicyclic amines) is 1. The number of hydrogen-bond acceptors (Lipinski definition) is 3. The van der Waals surface area contributed by atoms with E-state index in [-0.39, 0.29) is 0 Å². The minimum absolute atomic E-state index is 0.303. The van der Waals surface area contributed by atoms with Crippen LogP contribution >= 0.6 is 0 Å². The highest BCUT2D eigenvalue weighted by molar-refractivity contribution is 5.04. The highest BCUT2D eigenvalue weighted by Crippen LogP contribution is 2.45. The lowest BCUT2D eigenvalue weighted by atomic mass is 9.63. The minimum atomic E-state index is 0.303. The molecule has 0 aromatic carbocycles. The molecule has 1 aliphatic heterocycles. The van der Waals surface area contributed by atoms with E-state index in [1.165, 1.54) is 45.3 Å². The molecule has 1 aliphatic carbocycles. The van der Waals surface area contributed by atoms with Crippen LogP contribution in [0.4, 0.5) is 0 Å². The lowest BCUT2D eigenvalue weighted by Gasteiger charge is -2.55. The van der Waals surface area contributed by atoms with E-state index in [4.69, 9.17) is 5.73 Å². The number of likely N-dealkylation sites (N-methyl/N-ethyl adjacent to an activating group) is 2. The van der Waals surface area contributed by atoms with E-state index < -0.39 is 0 Å². The van der Waals surface area contributed by atoms with Crippen molar-refractivity contribution in [3.63, 3.8) is 0 Å². The zero-order chi connectivity index (χ0) is 14.0. The number of nitrogens with two attached hydrogens (primary N) is 1. The summed E-state index contributed by atoms with van der Waals surface area (Å²) in [5, 5.41) is 0. The summed E-state index contributed by atoms with van der Waals surface area (Å²) >= 11 is 0. The summed E-state index contributed by atoms with van der Waals surface area (Å²) in [5.41, 5.74) is 6.42. The van der Waals surface area contributed by atoms with Crippen LogP contribution in [0.1, 0.15) is 46.5 Å². The zero-order valence-electron chi connectivity index (χ0n) is 13.4. The van der Waals surface area contributed by atoms with Crippen LogP contribution in [0.15, 0.2) is 0 Å². The summed E-state index contributed by atoms with van der Waals surface area (Å²) in [6.45, 7) is 11.5. The van der Waals surface area contributed by atoms with Gasteiger partial charge in [-0.05, 0) is 57.7 Å². The fourth-order valence-electron chi connectivity index (χ4n) is 4.05. The van der Waals surface area contributed by atoms with E-state index in [0.29, 0.717) is 5.54 Å². The number of rotatable bonds is 6.